The van der Waals surface area contributed by atoms with Gasteiger partial charge >= 0.3 is 0 Å². The minimum atomic E-state index is -0.328. The maximum absolute atomic E-state index is 13.7. The van der Waals surface area contributed by atoms with Crippen LogP contribution in [0.2, 0.25) is 0 Å². The van der Waals surface area contributed by atoms with Crippen molar-refractivity contribution >= 4 is 69.4 Å². The van der Waals surface area contributed by atoms with Crippen LogP contribution in [0.3, 0.4) is 0 Å². The number of carbonyl (C=O) groups excluding carboxylic acids is 4. The van der Waals surface area contributed by atoms with Gasteiger partial charge in [-0.15, -0.1) is 0 Å². The fourth-order valence-electron chi connectivity index (χ4n) is 4.96. The summed E-state index contributed by atoms with van der Waals surface area (Å²) in [5.41, 5.74) is 3.26. The second-order valence-electron chi connectivity index (χ2n) is 10.7. The van der Waals surface area contributed by atoms with Crippen LogP contribution in [0, 0.1) is 0 Å². The van der Waals surface area contributed by atoms with Crippen LogP contribution < -0.4 is 0 Å². The predicted molar refractivity (Wildman–Crippen MR) is 194 cm³/mol. The fraction of sp³-hybridized carbons (Fsp3) is 0.105. The van der Waals surface area contributed by atoms with Gasteiger partial charge in [0.2, 0.25) is 0 Å². The number of amides is 2. The van der Waals surface area contributed by atoms with Crippen LogP contribution in [0.4, 0.5) is 0 Å². The molecular formula is C38H30N4O4S2. The zero-order valence-corrected chi connectivity index (χ0v) is 27.4. The van der Waals surface area contributed by atoms with Gasteiger partial charge in [-0.1, -0.05) is 145 Å². The second-order valence-corrected chi connectivity index (χ2v) is 12.6. The number of carbonyl (C=O) groups is 4. The third-order valence-electron chi connectivity index (χ3n) is 7.43. The lowest BCUT2D eigenvalue weighted by Gasteiger charge is -2.23. The lowest BCUT2D eigenvalue weighted by molar-refractivity contribution is -0.125. The highest BCUT2D eigenvalue weighted by Crippen LogP contribution is 2.28. The molecular weight excluding hydrogens is 641 g/mol. The van der Waals surface area contributed by atoms with Gasteiger partial charge in [-0.3, -0.25) is 29.0 Å². The first-order valence-electron chi connectivity index (χ1n) is 15.2. The summed E-state index contributed by atoms with van der Waals surface area (Å²) in [4.78, 5) is 65.6. The molecule has 2 aliphatic heterocycles. The Balaban J connectivity index is 1.22. The predicted octanol–water partition coefficient (Wildman–Crippen LogP) is 6.70. The van der Waals surface area contributed by atoms with Gasteiger partial charge in [-0.05, 0) is 23.3 Å². The van der Waals surface area contributed by atoms with Crippen molar-refractivity contribution in [2.45, 2.75) is 0 Å². The highest BCUT2D eigenvalue weighted by atomic mass is 32.2. The Morgan fingerprint density at radius 3 is 1.21 bits per heavy atom. The minimum absolute atomic E-state index is 0.0853. The van der Waals surface area contributed by atoms with E-state index in [9.17, 15) is 19.2 Å². The zero-order chi connectivity index (χ0) is 33.3. The Morgan fingerprint density at radius 1 is 0.521 bits per heavy atom. The van der Waals surface area contributed by atoms with E-state index in [1.165, 1.54) is 33.3 Å². The number of hydrogen-bond donors (Lipinski definition) is 0. The molecule has 0 spiro atoms. The van der Waals surface area contributed by atoms with E-state index >= 15 is 0 Å². The molecule has 238 valence electrons. The van der Waals surface area contributed by atoms with Crippen molar-refractivity contribution in [1.29, 1.82) is 0 Å². The van der Waals surface area contributed by atoms with Gasteiger partial charge in [0, 0.05) is 24.2 Å². The quantitative estimate of drug-likeness (QED) is 0.130. The van der Waals surface area contributed by atoms with E-state index in [-0.39, 0.29) is 59.4 Å². The zero-order valence-electron chi connectivity index (χ0n) is 25.8. The SMILES string of the molecule is O=C(CSC1=N/C(=C\c2ccccc2)C(=O)N1CCN1C(=O)/C(=C/c2ccccc2)N=C1SCC(=O)c1ccccc1)c1ccccc1. The van der Waals surface area contributed by atoms with Crippen LogP contribution in [-0.4, -0.2) is 68.1 Å². The first-order chi connectivity index (χ1) is 23.5. The molecule has 4 aromatic rings. The summed E-state index contributed by atoms with van der Waals surface area (Å²) < 4.78 is 0. The van der Waals surface area contributed by atoms with Crippen molar-refractivity contribution in [2.75, 3.05) is 24.6 Å². The molecule has 8 nitrogen and oxygen atoms in total. The van der Waals surface area contributed by atoms with Gasteiger partial charge < -0.3 is 0 Å². The van der Waals surface area contributed by atoms with E-state index < -0.39 is 0 Å². The molecule has 4 aromatic carbocycles. The second kappa shape index (κ2) is 15.5. The number of benzene rings is 4. The van der Waals surface area contributed by atoms with Gasteiger partial charge in [0.05, 0.1) is 11.5 Å². The summed E-state index contributed by atoms with van der Waals surface area (Å²) in [6.45, 7) is 0.208. The largest absolute Gasteiger partial charge is 0.293 e. The summed E-state index contributed by atoms with van der Waals surface area (Å²) in [6.07, 6.45) is 3.42. The number of amidine groups is 2. The molecule has 0 saturated carbocycles. The molecule has 0 aliphatic carbocycles. The number of Topliss-reactive ketones (excluding diaryl/α,β-unsaturated/α-hetero) is 2. The minimum Gasteiger partial charge on any atom is -0.293 e. The number of aliphatic imine (C=N–C) groups is 2. The Morgan fingerprint density at radius 2 is 0.854 bits per heavy atom. The summed E-state index contributed by atoms with van der Waals surface area (Å²) in [5, 5.41) is 0.757. The first kappa shape index (κ1) is 32.6. The van der Waals surface area contributed by atoms with Crippen molar-refractivity contribution in [3.8, 4) is 0 Å². The molecule has 0 saturated heterocycles. The number of rotatable bonds is 11. The molecule has 2 amide bonds. The van der Waals surface area contributed by atoms with Crippen LogP contribution in [-0.2, 0) is 9.59 Å². The summed E-state index contributed by atoms with van der Waals surface area (Å²) in [7, 11) is 0. The summed E-state index contributed by atoms with van der Waals surface area (Å²) in [5.74, 6) is -0.661. The average Bonchev–Trinajstić information content (AvgIpc) is 3.59. The molecule has 2 aliphatic rings. The van der Waals surface area contributed by atoms with Crippen molar-refractivity contribution in [3.05, 3.63) is 155 Å². The smallest absolute Gasteiger partial charge is 0.278 e. The lowest BCUT2D eigenvalue weighted by atomic mass is 10.2. The molecule has 0 bridgehead atoms. The molecule has 48 heavy (non-hydrogen) atoms. The van der Waals surface area contributed by atoms with E-state index in [1.807, 2.05) is 72.8 Å². The standard InChI is InChI=1S/C38H30N4O4S2/c43-33(29-17-9-3-10-18-29)25-47-37-39-31(23-27-13-5-1-6-14-27)35(45)41(37)21-22-42-36(46)32(24-28-15-7-2-8-16-28)40-38(42)48-26-34(44)30-19-11-4-12-20-30/h1-20,23-24H,21-22,25-26H2/b31-23-,32-24-. The summed E-state index contributed by atoms with van der Waals surface area (Å²) in [6, 6.07) is 36.7. The van der Waals surface area contributed by atoms with Crippen LogP contribution >= 0.6 is 23.5 Å². The number of hydrogen-bond acceptors (Lipinski definition) is 8. The van der Waals surface area contributed by atoms with Crippen molar-refractivity contribution < 1.29 is 19.2 Å². The van der Waals surface area contributed by atoms with Crippen LogP contribution in [0.25, 0.3) is 12.2 Å². The average molecular weight is 671 g/mol. The maximum atomic E-state index is 13.7. The topological polar surface area (TPSA) is 99.5 Å². The molecule has 0 atom stereocenters. The number of nitrogens with zero attached hydrogens (tertiary/aromatic N) is 4. The van der Waals surface area contributed by atoms with Crippen molar-refractivity contribution in [1.82, 2.24) is 9.80 Å². The highest BCUT2D eigenvalue weighted by molar-refractivity contribution is 8.14. The van der Waals surface area contributed by atoms with E-state index in [0.29, 0.717) is 21.5 Å². The van der Waals surface area contributed by atoms with Crippen LogP contribution in [0.5, 0.6) is 0 Å². The van der Waals surface area contributed by atoms with Gasteiger partial charge in [0.15, 0.2) is 21.9 Å². The highest BCUT2D eigenvalue weighted by Gasteiger charge is 2.35. The maximum Gasteiger partial charge on any atom is 0.278 e. The monoisotopic (exact) mass is 670 g/mol. The third kappa shape index (κ3) is 7.96. The van der Waals surface area contributed by atoms with Crippen LogP contribution in [0.1, 0.15) is 31.8 Å². The first-order valence-corrected chi connectivity index (χ1v) is 17.2. The van der Waals surface area contributed by atoms with Crippen molar-refractivity contribution in [3.63, 3.8) is 0 Å². The van der Waals surface area contributed by atoms with Gasteiger partial charge in [-0.25, -0.2) is 9.98 Å². The summed E-state index contributed by atoms with van der Waals surface area (Å²) >= 11 is 2.36. The van der Waals surface area contributed by atoms with Gasteiger partial charge in [0.1, 0.15) is 11.4 Å². The molecule has 0 fully saturated rings. The van der Waals surface area contributed by atoms with E-state index in [2.05, 4.69) is 9.98 Å². The van der Waals surface area contributed by atoms with Gasteiger partial charge in [-0.2, -0.15) is 0 Å². The van der Waals surface area contributed by atoms with Gasteiger partial charge in [0.25, 0.3) is 11.8 Å². The van der Waals surface area contributed by atoms with Crippen molar-refractivity contribution in [2.24, 2.45) is 9.98 Å². The Kier molecular flexibility index (Phi) is 10.5. The van der Waals surface area contributed by atoms with E-state index in [1.54, 1.807) is 60.7 Å². The van der Waals surface area contributed by atoms with E-state index in [4.69, 9.17) is 0 Å². The Hall–Kier alpha value is -5.32. The fourth-order valence-corrected chi connectivity index (χ4v) is 6.80. The number of thioether (sulfide) groups is 2. The lowest BCUT2D eigenvalue weighted by Crippen LogP contribution is -2.41. The van der Waals surface area contributed by atoms with E-state index in [0.717, 1.165) is 11.1 Å². The molecule has 0 unspecified atom stereocenters. The molecule has 2 heterocycles. The normalized spacial score (nSPS) is 16.1. The molecule has 0 aromatic heterocycles. The molecule has 6 rings (SSSR count). The third-order valence-corrected chi connectivity index (χ3v) is 9.38. The Labute approximate surface area is 287 Å². The number of ketones is 2. The Bertz CT molecular complexity index is 1800. The van der Waals surface area contributed by atoms with Crippen LogP contribution in [0.15, 0.2) is 143 Å². The molecule has 10 heteroatoms. The molecule has 0 N–H and O–H groups in total. The molecule has 0 radical (unpaired) electrons.